The summed E-state index contributed by atoms with van der Waals surface area (Å²) in [6, 6.07) is 30.0. The van der Waals surface area contributed by atoms with E-state index in [1.165, 1.54) is 18.9 Å². The molecule has 1 heterocycles. The Morgan fingerprint density at radius 3 is 2.35 bits per heavy atom. The number of esters is 1. The van der Waals surface area contributed by atoms with Crippen LogP contribution in [0.5, 0.6) is 17.2 Å². The molecule has 9 nitrogen and oxygen atoms in total. The molecule has 2 atom stereocenters. The molecule has 1 saturated heterocycles. The first-order chi connectivity index (χ1) is 23.2. The van der Waals surface area contributed by atoms with Crippen molar-refractivity contribution in [2.24, 2.45) is 0 Å². The Morgan fingerprint density at radius 1 is 0.875 bits per heavy atom. The first kappa shape index (κ1) is 34.4. The number of benzene rings is 4. The highest BCUT2D eigenvalue weighted by Gasteiger charge is 2.51. The molecule has 5 rings (SSSR count). The summed E-state index contributed by atoms with van der Waals surface area (Å²) in [5.74, 6) is 1.05. The Morgan fingerprint density at radius 2 is 1.65 bits per heavy atom. The summed E-state index contributed by atoms with van der Waals surface area (Å²) in [5, 5.41) is 2.53. The van der Waals surface area contributed by atoms with Gasteiger partial charge in [-0.25, -0.2) is 4.79 Å². The van der Waals surface area contributed by atoms with Crippen LogP contribution in [-0.2, 0) is 27.4 Å². The molecule has 250 valence electrons. The Bertz CT molecular complexity index is 1730. The van der Waals surface area contributed by atoms with Gasteiger partial charge in [0.15, 0.2) is 11.5 Å². The number of rotatable bonds is 14. The van der Waals surface area contributed by atoms with Gasteiger partial charge in [-0.2, -0.15) is 0 Å². The van der Waals surface area contributed by atoms with Crippen LogP contribution < -0.4 is 24.4 Å². The number of methoxy groups -OCH3 is 2. The van der Waals surface area contributed by atoms with E-state index >= 15 is 0 Å². The Labute approximate surface area is 285 Å². The maximum atomic E-state index is 14.2. The fourth-order valence-electron chi connectivity index (χ4n) is 5.53. The first-order valence-electron chi connectivity index (χ1n) is 15.8. The third-order valence-corrected chi connectivity index (χ3v) is 9.54. The lowest BCUT2D eigenvalue weighted by Crippen LogP contribution is -2.41. The zero-order valence-electron chi connectivity index (χ0n) is 27.6. The van der Waals surface area contributed by atoms with Crippen LogP contribution in [0.3, 0.4) is 0 Å². The fourth-order valence-corrected chi connectivity index (χ4v) is 7.05. The van der Waals surface area contributed by atoms with Crippen molar-refractivity contribution in [2.45, 2.75) is 43.4 Å². The minimum atomic E-state index is -1.07. The van der Waals surface area contributed by atoms with Gasteiger partial charge < -0.3 is 24.3 Å². The van der Waals surface area contributed by atoms with Crippen molar-refractivity contribution in [3.05, 3.63) is 119 Å². The molecule has 1 N–H and O–H groups in total. The zero-order valence-corrected chi connectivity index (χ0v) is 28.4. The van der Waals surface area contributed by atoms with Gasteiger partial charge in [-0.15, -0.1) is 11.8 Å². The second-order valence-corrected chi connectivity index (χ2v) is 13.0. The SMILES string of the molecule is CCOc1cc(CCNC(=O)CC2(C)SC(c3ccc(OCc4ccccc4)cc3)N(c3cccc(C(=O)OC)c3)C2=O)ccc1OC. The van der Waals surface area contributed by atoms with Gasteiger partial charge in [0.05, 0.1) is 26.4 Å². The lowest BCUT2D eigenvalue weighted by molar-refractivity contribution is -0.126. The van der Waals surface area contributed by atoms with Crippen LogP contribution in [0.15, 0.2) is 97.1 Å². The monoisotopic (exact) mass is 668 g/mol. The molecular formula is C38H40N2O7S. The van der Waals surface area contributed by atoms with Crippen molar-refractivity contribution in [1.29, 1.82) is 0 Å². The number of thioether (sulfide) groups is 1. The van der Waals surface area contributed by atoms with Gasteiger partial charge in [0.1, 0.15) is 22.5 Å². The number of anilines is 1. The summed E-state index contributed by atoms with van der Waals surface area (Å²) in [6.45, 7) is 5.05. The zero-order chi connectivity index (χ0) is 34.1. The summed E-state index contributed by atoms with van der Waals surface area (Å²) in [4.78, 5) is 41.6. The van der Waals surface area contributed by atoms with Crippen LogP contribution in [0.25, 0.3) is 0 Å². The van der Waals surface area contributed by atoms with E-state index in [0.717, 1.165) is 16.7 Å². The third-order valence-electron chi connectivity index (χ3n) is 8.00. The molecule has 0 bridgehead atoms. The average Bonchev–Trinajstić information content (AvgIpc) is 3.37. The molecule has 0 saturated carbocycles. The normalized spacial score (nSPS) is 17.1. The van der Waals surface area contributed by atoms with Gasteiger partial charge in [-0.05, 0) is 79.4 Å². The van der Waals surface area contributed by atoms with Crippen molar-refractivity contribution in [3.63, 3.8) is 0 Å². The highest BCUT2D eigenvalue weighted by Crippen LogP contribution is 2.53. The number of carbonyl (C=O) groups is 3. The lowest BCUT2D eigenvalue weighted by atomic mass is 10.0. The van der Waals surface area contributed by atoms with Gasteiger partial charge in [0.25, 0.3) is 0 Å². The van der Waals surface area contributed by atoms with Crippen molar-refractivity contribution in [1.82, 2.24) is 5.32 Å². The van der Waals surface area contributed by atoms with Crippen LogP contribution in [0.2, 0.25) is 0 Å². The Kier molecular flexibility index (Phi) is 11.3. The standard InChI is InChI=1S/C38H40N2O7S/c1-5-46-33-22-26(14-19-32(33)44-3)20-21-39-34(41)24-38(2)37(43)40(30-13-9-12-29(23-30)36(42)45-4)35(48-38)28-15-17-31(18-16-28)47-25-27-10-7-6-8-11-27/h6-19,22-23,35H,5,20-21,24-25H2,1-4H3,(H,39,41). The molecule has 1 aliphatic rings. The van der Waals surface area contributed by atoms with E-state index < -0.39 is 16.1 Å². The molecule has 0 aromatic heterocycles. The topological polar surface area (TPSA) is 103 Å². The molecule has 1 fully saturated rings. The van der Waals surface area contributed by atoms with Gasteiger partial charge in [-0.3, -0.25) is 14.5 Å². The molecule has 0 radical (unpaired) electrons. The summed E-state index contributed by atoms with van der Waals surface area (Å²) >= 11 is 1.41. The number of hydrogen-bond donors (Lipinski definition) is 1. The van der Waals surface area contributed by atoms with Crippen LogP contribution in [0.4, 0.5) is 5.69 Å². The van der Waals surface area contributed by atoms with E-state index in [9.17, 15) is 14.4 Å². The fraction of sp³-hybridized carbons (Fsp3) is 0.289. The van der Waals surface area contributed by atoms with E-state index in [4.69, 9.17) is 18.9 Å². The molecule has 2 unspecified atom stereocenters. The molecule has 4 aromatic rings. The summed E-state index contributed by atoms with van der Waals surface area (Å²) < 4.78 is 20.9. The van der Waals surface area contributed by atoms with Crippen LogP contribution in [0.1, 0.15) is 52.7 Å². The second kappa shape index (κ2) is 15.8. The highest BCUT2D eigenvalue weighted by atomic mass is 32.2. The predicted molar refractivity (Wildman–Crippen MR) is 187 cm³/mol. The summed E-state index contributed by atoms with van der Waals surface area (Å²) in [6.07, 6.45) is 0.562. The van der Waals surface area contributed by atoms with Crippen molar-refractivity contribution in [3.8, 4) is 17.2 Å². The number of hydrogen-bond acceptors (Lipinski definition) is 8. The maximum Gasteiger partial charge on any atom is 0.337 e. The molecule has 1 aliphatic heterocycles. The van der Waals surface area contributed by atoms with Crippen LogP contribution in [0, 0.1) is 0 Å². The average molecular weight is 669 g/mol. The third kappa shape index (κ3) is 8.12. The van der Waals surface area contributed by atoms with E-state index in [-0.39, 0.29) is 18.2 Å². The number of nitrogens with one attached hydrogen (secondary N) is 1. The molecule has 10 heteroatoms. The number of amides is 2. The smallest absolute Gasteiger partial charge is 0.337 e. The lowest BCUT2D eigenvalue weighted by Gasteiger charge is -2.25. The number of carbonyl (C=O) groups excluding carboxylic acids is 3. The van der Waals surface area contributed by atoms with Crippen LogP contribution >= 0.6 is 11.8 Å². The predicted octanol–water partition coefficient (Wildman–Crippen LogP) is 6.75. The van der Waals surface area contributed by atoms with Crippen molar-refractivity contribution in [2.75, 3.05) is 32.3 Å². The second-order valence-electron chi connectivity index (χ2n) is 11.5. The van der Waals surface area contributed by atoms with Crippen LogP contribution in [-0.4, -0.2) is 49.9 Å². The minimum Gasteiger partial charge on any atom is -0.493 e. The molecule has 48 heavy (non-hydrogen) atoms. The van der Waals surface area contributed by atoms with Gasteiger partial charge in [-0.1, -0.05) is 54.6 Å². The van der Waals surface area contributed by atoms with Crippen molar-refractivity contribution < 1.29 is 33.3 Å². The van der Waals surface area contributed by atoms with E-state index in [1.54, 1.807) is 43.2 Å². The Balaban J connectivity index is 1.32. The molecular weight excluding hydrogens is 628 g/mol. The molecule has 2 amide bonds. The number of nitrogens with zero attached hydrogens (tertiary/aromatic N) is 1. The highest BCUT2D eigenvalue weighted by molar-refractivity contribution is 8.02. The van der Waals surface area contributed by atoms with Gasteiger partial charge >= 0.3 is 5.97 Å². The number of ether oxygens (including phenoxy) is 4. The largest absolute Gasteiger partial charge is 0.493 e. The maximum absolute atomic E-state index is 14.2. The molecule has 4 aromatic carbocycles. The molecule has 0 spiro atoms. The van der Waals surface area contributed by atoms with E-state index in [2.05, 4.69) is 5.32 Å². The first-order valence-corrected chi connectivity index (χ1v) is 16.7. The summed E-state index contributed by atoms with van der Waals surface area (Å²) in [5.41, 5.74) is 3.78. The summed E-state index contributed by atoms with van der Waals surface area (Å²) in [7, 11) is 2.91. The van der Waals surface area contributed by atoms with E-state index in [0.29, 0.717) is 54.7 Å². The van der Waals surface area contributed by atoms with Crippen molar-refractivity contribution >= 4 is 35.2 Å². The van der Waals surface area contributed by atoms with E-state index in [1.807, 2.05) is 79.7 Å². The minimum absolute atomic E-state index is 0.0225. The quantitative estimate of drug-likeness (QED) is 0.147. The van der Waals surface area contributed by atoms with Gasteiger partial charge in [0.2, 0.25) is 11.8 Å². The Hall–Kier alpha value is -4.96. The van der Waals surface area contributed by atoms with Gasteiger partial charge in [0, 0.05) is 18.7 Å². The molecule has 0 aliphatic carbocycles.